The minimum atomic E-state index is -0.416. The zero-order valence-corrected chi connectivity index (χ0v) is 9.36. The third kappa shape index (κ3) is 1.44. The van der Waals surface area contributed by atoms with Crippen LogP contribution in [0.2, 0.25) is 0 Å². The van der Waals surface area contributed by atoms with Crippen LogP contribution in [0.4, 0.5) is 5.82 Å². The molecule has 2 rings (SSSR count). The molecular weight excluding hydrogens is 248 g/mol. The van der Waals surface area contributed by atoms with E-state index in [1.54, 1.807) is 16.6 Å². The lowest BCUT2D eigenvalue weighted by atomic mass is 10.2. The Bertz CT molecular complexity index is 375. The summed E-state index contributed by atoms with van der Waals surface area (Å²) < 4.78 is 2.53. The second-order valence-electron chi connectivity index (χ2n) is 3.34. The molecule has 1 atom stereocenters. The first-order valence-corrected chi connectivity index (χ1v) is 5.15. The first-order chi connectivity index (χ1) is 6.59. The molecule has 1 unspecified atom stereocenters. The maximum atomic E-state index is 11.7. The van der Waals surface area contributed by atoms with E-state index in [2.05, 4.69) is 21.0 Å². The Morgan fingerprint density at radius 3 is 3.14 bits per heavy atom. The van der Waals surface area contributed by atoms with Gasteiger partial charge >= 0.3 is 0 Å². The van der Waals surface area contributed by atoms with Crippen molar-refractivity contribution in [2.45, 2.75) is 19.0 Å². The van der Waals surface area contributed by atoms with Crippen LogP contribution in [-0.2, 0) is 11.3 Å². The topological polar surface area (TPSA) is 64.2 Å². The number of fused-ring (bicyclic) bond motifs is 1. The van der Waals surface area contributed by atoms with E-state index in [0.717, 1.165) is 10.4 Å². The molecule has 0 fully saturated rings. The van der Waals surface area contributed by atoms with Gasteiger partial charge < -0.3 is 5.73 Å². The lowest BCUT2D eigenvalue weighted by Gasteiger charge is -2.16. The van der Waals surface area contributed by atoms with Crippen LogP contribution in [0.3, 0.4) is 0 Å². The number of likely N-dealkylation sites (N-methyl/N-ethyl adjacent to an activating group) is 1. The Kier molecular flexibility index (Phi) is 2.32. The number of aromatic nitrogens is 2. The molecule has 0 radical (unpaired) electrons. The molecule has 2 N–H and O–H groups in total. The van der Waals surface area contributed by atoms with Crippen molar-refractivity contribution < 1.29 is 4.79 Å². The molecule has 5 nitrogen and oxygen atoms in total. The monoisotopic (exact) mass is 258 g/mol. The number of halogens is 1. The van der Waals surface area contributed by atoms with Crippen molar-refractivity contribution in [1.82, 2.24) is 9.78 Å². The number of hydrogen-bond donors (Lipinski definition) is 1. The van der Waals surface area contributed by atoms with Crippen molar-refractivity contribution in [3.05, 3.63) is 10.7 Å². The Morgan fingerprint density at radius 1 is 1.71 bits per heavy atom. The number of rotatable bonds is 0. The predicted octanol–water partition coefficient (Wildman–Crippen LogP) is 0.339. The molecule has 0 aliphatic carbocycles. The predicted molar refractivity (Wildman–Crippen MR) is 55.9 cm³/mol. The molecule has 1 aromatic heterocycles. The lowest BCUT2D eigenvalue weighted by Crippen LogP contribution is -2.40. The molecule has 0 aromatic carbocycles. The summed E-state index contributed by atoms with van der Waals surface area (Å²) in [6, 6.07) is 1.40. The highest BCUT2D eigenvalue weighted by Crippen LogP contribution is 2.22. The summed E-state index contributed by atoms with van der Waals surface area (Å²) in [5.41, 5.74) is 5.70. The van der Waals surface area contributed by atoms with Crippen molar-refractivity contribution >= 4 is 27.7 Å². The third-order valence-electron chi connectivity index (χ3n) is 2.37. The summed E-state index contributed by atoms with van der Waals surface area (Å²) in [7, 11) is 1.72. The molecule has 0 saturated carbocycles. The summed E-state index contributed by atoms with van der Waals surface area (Å²) >= 11 is 3.28. The van der Waals surface area contributed by atoms with Gasteiger partial charge in [0.2, 0.25) is 5.91 Å². The van der Waals surface area contributed by atoms with Crippen LogP contribution >= 0.6 is 15.9 Å². The molecule has 0 bridgehead atoms. The maximum absolute atomic E-state index is 11.7. The van der Waals surface area contributed by atoms with Gasteiger partial charge in [-0.3, -0.25) is 9.69 Å². The number of nitrogens with zero attached hydrogens (tertiary/aromatic N) is 3. The summed E-state index contributed by atoms with van der Waals surface area (Å²) in [6.45, 7) is 0.679. The first-order valence-electron chi connectivity index (χ1n) is 4.36. The minimum absolute atomic E-state index is 0.0591. The van der Waals surface area contributed by atoms with Crippen LogP contribution < -0.4 is 10.6 Å². The van der Waals surface area contributed by atoms with E-state index in [0.29, 0.717) is 13.0 Å². The van der Waals surface area contributed by atoms with Gasteiger partial charge in [0.05, 0.1) is 6.04 Å². The molecule has 1 aliphatic rings. The number of carbonyl (C=O) groups excluding carboxylic acids is 1. The maximum Gasteiger partial charge on any atom is 0.244 e. The average molecular weight is 259 g/mol. The SMILES string of the molecule is CN1C(=O)C(N)CCn2nc(Br)cc21. The van der Waals surface area contributed by atoms with Gasteiger partial charge in [0.15, 0.2) is 0 Å². The van der Waals surface area contributed by atoms with Crippen LogP contribution in [0.1, 0.15) is 6.42 Å². The zero-order valence-electron chi connectivity index (χ0n) is 7.77. The Morgan fingerprint density at radius 2 is 2.43 bits per heavy atom. The van der Waals surface area contributed by atoms with E-state index in [-0.39, 0.29) is 5.91 Å². The molecule has 2 heterocycles. The number of aryl methyl sites for hydroxylation is 1. The summed E-state index contributed by atoms with van der Waals surface area (Å²) in [5.74, 6) is 0.728. The van der Waals surface area contributed by atoms with Crippen LogP contribution in [0, 0.1) is 0 Å². The van der Waals surface area contributed by atoms with Crippen molar-refractivity contribution in [1.29, 1.82) is 0 Å². The van der Waals surface area contributed by atoms with Gasteiger partial charge in [-0.2, -0.15) is 5.10 Å². The van der Waals surface area contributed by atoms with Gasteiger partial charge in [0.25, 0.3) is 0 Å². The molecule has 0 spiro atoms. The van der Waals surface area contributed by atoms with E-state index in [9.17, 15) is 4.79 Å². The van der Waals surface area contributed by atoms with Crippen LogP contribution in [0.5, 0.6) is 0 Å². The summed E-state index contributed by atoms with van der Waals surface area (Å²) in [6.07, 6.45) is 0.629. The van der Waals surface area contributed by atoms with Crippen LogP contribution in [0.25, 0.3) is 0 Å². The van der Waals surface area contributed by atoms with E-state index in [4.69, 9.17) is 5.73 Å². The fraction of sp³-hybridized carbons (Fsp3) is 0.500. The fourth-order valence-corrected chi connectivity index (χ4v) is 1.95. The lowest BCUT2D eigenvalue weighted by molar-refractivity contribution is -0.119. The van der Waals surface area contributed by atoms with Crippen molar-refractivity contribution in [3.63, 3.8) is 0 Å². The normalized spacial score (nSPS) is 22.1. The van der Waals surface area contributed by atoms with Crippen LogP contribution in [-0.4, -0.2) is 28.8 Å². The quantitative estimate of drug-likeness (QED) is 0.730. The average Bonchev–Trinajstić information content (AvgIpc) is 2.49. The molecule has 6 heteroatoms. The second kappa shape index (κ2) is 3.36. The van der Waals surface area contributed by atoms with Gasteiger partial charge in [-0.15, -0.1) is 0 Å². The molecule has 0 saturated heterocycles. The first kappa shape index (κ1) is 9.67. The highest BCUT2D eigenvalue weighted by atomic mass is 79.9. The summed E-state index contributed by atoms with van der Waals surface area (Å²) in [5, 5.41) is 4.21. The molecule has 1 amide bonds. The van der Waals surface area contributed by atoms with Gasteiger partial charge in [-0.25, -0.2) is 4.68 Å². The Balaban J connectivity index is 2.43. The number of nitrogens with two attached hydrogens (primary N) is 1. The highest BCUT2D eigenvalue weighted by molar-refractivity contribution is 9.10. The van der Waals surface area contributed by atoms with Crippen molar-refractivity contribution in [2.75, 3.05) is 11.9 Å². The molecule has 76 valence electrons. The van der Waals surface area contributed by atoms with E-state index in [1.165, 1.54) is 0 Å². The fourth-order valence-electron chi connectivity index (χ4n) is 1.56. The third-order valence-corrected chi connectivity index (χ3v) is 2.76. The van der Waals surface area contributed by atoms with Gasteiger partial charge in [0.1, 0.15) is 10.4 Å². The number of amides is 1. The Labute approximate surface area is 90.0 Å². The van der Waals surface area contributed by atoms with Crippen LogP contribution in [0.15, 0.2) is 10.7 Å². The van der Waals surface area contributed by atoms with E-state index >= 15 is 0 Å². The number of anilines is 1. The smallest absolute Gasteiger partial charge is 0.244 e. The zero-order chi connectivity index (χ0) is 10.3. The van der Waals surface area contributed by atoms with Crippen molar-refractivity contribution in [2.24, 2.45) is 5.73 Å². The molecular formula is C8H11BrN4O. The van der Waals surface area contributed by atoms with E-state index < -0.39 is 6.04 Å². The molecule has 1 aliphatic heterocycles. The number of carbonyl (C=O) groups is 1. The molecule has 1 aromatic rings. The second-order valence-corrected chi connectivity index (χ2v) is 4.15. The Hall–Kier alpha value is -0.880. The standard InChI is InChI=1S/C8H11BrN4O/c1-12-7-4-6(9)11-13(7)3-2-5(10)8(12)14/h4-5H,2-3,10H2,1H3. The largest absolute Gasteiger partial charge is 0.320 e. The van der Waals surface area contributed by atoms with Crippen molar-refractivity contribution in [3.8, 4) is 0 Å². The number of hydrogen-bond acceptors (Lipinski definition) is 3. The van der Waals surface area contributed by atoms with E-state index in [1.807, 2.05) is 6.07 Å². The van der Waals surface area contributed by atoms with Gasteiger partial charge in [0, 0.05) is 19.7 Å². The minimum Gasteiger partial charge on any atom is -0.320 e. The molecule has 14 heavy (non-hydrogen) atoms. The van der Waals surface area contributed by atoms with Gasteiger partial charge in [-0.1, -0.05) is 0 Å². The highest BCUT2D eigenvalue weighted by Gasteiger charge is 2.26. The summed E-state index contributed by atoms with van der Waals surface area (Å²) in [4.78, 5) is 13.2. The van der Waals surface area contributed by atoms with Gasteiger partial charge in [-0.05, 0) is 22.4 Å².